The van der Waals surface area contributed by atoms with Crippen LogP contribution in [0.5, 0.6) is 5.75 Å². The van der Waals surface area contributed by atoms with Crippen molar-refractivity contribution >= 4 is 18.2 Å². The third-order valence-electron chi connectivity index (χ3n) is 2.44. The van der Waals surface area contributed by atoms with Gasteiger partial charge < -0.3 is 9.84 Å². The number of hydrogen-bond donors (Lipinski definition) is 1. The highest BCUT2D eigenvalue weighted by Gasteiger charge is 2.21. The van der Waals surface area contributed by atoms with Gasteiger partial charge >= 0.3 is 0 Å². The summed E-state index contributed by atoms with van der Waals surface area (Å²) in [7, 11) is 1.51. The molecule has 0 radical (unpaired) electrons. The number of rotatable bonds is 3. The third kappa shape index (κ3) is 2.05. The van der Waals surface area contributed by atoms with Gasteiger partial charge in [0.1, 0.15) is 5.75 Å². The highest BCUT2D eigenvalue weighted by atomic mass is 16.5. The van der Waals surface area contributed by atoms with Crippen molar-refractivity contribution < 1.29 is 14.6 Å². The average molecular weight is 232 g/mol. The number of anilines is 1. The normalized spacial score (nSPS) is 18.2. The molecule has 0 aliphatic carbocycles. The Kier molecular flexibility index (Phi) is 3.20. The van der Waals surface area contributed by atoms with Gasteiger partial charge in [0, 0.05) is 18.0 Å². The van der Waals surface area contributed by atoms with Crippen LogP contribution >= 0.6 is 0 Å². The Morgan fingerprint density at radius 2 is 2.35 bits per heavy atom. The van der Waals surface area contributed by atoms with Crippen LogP contribution in [-0.4, -0.2) is 31.1 Å². The van der Waals surface area contributed by atoms with E-state index < -0.39 is 6.35 Å². The summed E-state index contributed by atoms with van der Waals surface area (Å²) in [6.45, 7) is 0. The molecule has 88 valence electrons. The first-order valence-electron chi connectivity index (χ1n) is 5.06. The van der Waals surface area contributed by atoms with E-state index in [2.05, 4.69) is 4.99 Å². The van der Waals surface area contributed by atoms with Gasteiger partial charge in [0.05, 0.1) is 12.8 Å². The molecule has 1 aliphatic heterocycles. The van der Waals surface area contributed by atoms with Gasteiger partial charge in [0.25, 0.3) is 0 Å². The fraction of sp³-hybridized carbons (Fsp3) is 0.167. The van der Waals surface area contributed by atoms with E-state index in [1.165, 1.54) is 18.2 Å². The molecule has 1 aromatic carbocycles. The third-order valence-corrected chi connectivity index (χ3v) is 2.44. The van der Waals surface area contributed by atoms with Gasteiger partial charge in [-0.15, -0.1) is 0 Å². The maximum atomic E-state index is 11.0. The Labute approximate surface area is 98.7 Å². The van der Waals surface area contributed by atoms with Crippen molar-refractivity contribution in [2.24, 2.45) is 4.99 Å². The van der Waals surface area contributed by atoms with E-state index in [0.717, 1.165) is 6.29 Å². The summed E-state index contributed by atoms with van der Waals surface area (Å²) in [6.07, 6.45) is 4.49. The molecule has 1 aliphatic rings. The van der Waals surface area contributed by atoms with Gasteiger partial charge in [-0.05, 0) is 18.2 Å². The summed E-state index contributed by atoms with van der Waals surface area (Å²) in [5.41, 5.74) is 0.941. The quantitative estimate of drug-likeness (QED) is 0.795. The maximum absolute atomic E-state index is 11.0. The van der Waals surface area contributed by atoms with Crippen LogP contribution in [0.3, 0.4) is 0 Å². The van der Waals surface area contributed by atoms with Crippen molar-refractivity contribution in [2.75, 3.05) is 12.0 Å². The number of aliphatic hydroxyl groups excluding tert-OH is 1. The molecule has 17 heavy (non-hydrogen) atoms. The molecule has 0 saturated carbocycles. The number of methoxy groups -OCH3 is 1. The summed E-state index contributed by atoms with van der Waals surface area (Å²) in [4.78, 5) is 16.3. The molecular formula is C12H12N2O3. The van der Waals surface area contributed by atoms with Crippen molar-refractivity contribution in [3.8, 4) is 5.75 Å². The molecule has 0 fully saturated rings. The van der Waals surface area contributed by atoms with Crippen molar-refractivity contribution in [2.45, 2.75) is 6.35 Å². The predicted molar refractivity (Wildman–Crippen MR) is 64.5 cm³/mol. The number of aldehydes is 1. The lowest BCUT2D eigenvalue weighted by Crippen LogP contribution is -2.31. The SMILES string of the molecule is COc1cccc(C=O)c1N1C=CC=NC1O. The van der Waals surface area contributed by atoms with Crippen molar-refractivity contribution in [1.82, 2.24) is 0 Å². The van der Waals surface area contributed by atoms with Gasteiger partial charge in [-0.1, -0.05) is 6.07 Å². The van der Waals surface area contributed by atoms with Gasteiger partial charge in [-0.25, -0.2) is 4.99 Å². The first-order valence-corrected chi connectivity index (χ1v) is 5.06. The molecule has 5 nitrogen and oxygen atoms in total. The lowest BCUT2D eigenvalue weighted by molar-refractivity contribution is 0.112. The molecule has 1 aromatic rings. The zero-order chi connectivity index (χ0) is 12.3. The Hall–Kier alpha value is -2.14. The zero-order valence-electron chi connectivity index (χ0n) is 9.28. The predicted octanol–water partition coefficient (Wildman–Crippen LogP) is 1.19. The Morgan fingerprint density at radius 1 is 1.53 bits per heavy atom. The number of benzene rings is 1. The van der Waals surface area contributed by atoms with E-state index in [9.17, 15) is 9.90 Å². The summed E-state index contributed by atoms with van der Waals surface area (Å²) in [5, 5.41) is 9.77. The molecule has 1 atom stereocenters. The number of hydrogen-bond acceptors (Lipinski definition) is 5. The molecule has 0 bridgehead atoms. The van der Waals surface area contributed by atoms with Crippen molar-refractivity contribution in [3.05, 3.63) is 36.0 Å². The Morgan fingerprint density at radius 3 is 3.00 bits per heavy atom. The van der Waals surface area contributed by atoms with Crippen LogP contribution < -0.4 is 9.64 Å². The molecular weight excluding hydrogens is 220 g/mol. The summed E-state index contributed by atoms with van der Waals surface area (Å²) < 4.78 is 5.19. The largest absolute Gasteiger partial charge is 0.495 e. The van der Waals surface area contributed by atoms with Crippen LogP contribution in [0.1, 0.15) is 10.4 Å². The molecule has 0 aromatic heterocycles. The van der Waals surface area contributed by atoms with E-state index in [0.29, 0.717) is 17.0 Å². The standard InChI is InChI=1S/C12H12N2O3/c1-17-10-5-2-4-9(8-15)11(10)14-7-3-6-13-12(14)16/h2-8,12,16H,1H3. The van der Waals surface area contributed by atoms with Crippen LogP contribution in [0, 0.1) is 0 Å². The fourth-order valence-corrected chi connectivity index (χ4v) is 1.67. The van der Waals surface area contributed by atoms with Crippen LogP contribution in [0.2, 0.25) is 0 Å². The lowest BCUT2D eigenvalue weighted by Gasteiger charge is -2.27. The number of nitrogens with zero attached hydrogens (tertiary/aromatic N) is 2. The van der Waals surface area contributed by atoms with Crippen LogP contribution in [-0.2, 0) is 0 Å². The molecule has 1 heterocycles. The average Bonchev–Trinajstić information content (AvgIpc) is 2.38. The first-order chi connectivity index (χ1) is 8.27. The number of para-hydroxylation sites is 1. The number of ether oxygens (including phenoxy) is 1. The Bertz CT molecular complexity index is 483. The van der Waals surface area contributed by atoms with E-state index in [1.54, 1.807) is 30.5 Å². The minimum atomic E-state index is -1.05. The van der Waals surface area contributed by atoms with Crippen LogP contribution in [0.25, 0.3) is 0 Å². The molecule has 2 rings (SSSR count). The summed E-state index contributed by atoms with van der Waals surface area (Å²) in [5.74, 6) is 0.510. The maximum Gasteiger partial charge on any atom is 0.229 e. The van der Waals surface area contributed by atoms with Gasteiger partial charge in [-0.2, -0.15) is 0 Å². The minimum absolute atomic E-state index is 0.435. The Balaban J connectivity index is 2.52. The molecule has 0 saturated heterocycles. The second kappa shape index (κ2) is 4.80. The molecule has 1 N–H and O–H groups in total. The smallest absolute Gasteiger partial charge is 0.229 e. The number of aliphatic imine (C=N–C) groups is 1. The van der Waals surface area contributed by atoms with E-state index in [1.807, 2.05) is 0 Å². The monoisotopic (exact) mass is 232 g/mol. The molecule has 0 amide bonds. The number of carbonyl (C=O) groups is 1. The van der Waals surface area contributed by atoms with Gasteiger partial charge in [0.15, 0.2) is 6.29 Å². The van der Waals surface area contributed by atoms with E-state index in [4.69, 9.17) is 4.74 Å². The highest BCUT2D eigenvalue weighted by molar-refractivity contribution is 5.89. The van der Waals surface area contributed by atoms with Crippen molar-refractivity contribution in [3.63, 3.8) is 0 Å². The summed E-state index contributed by atoms with van der Waals surface area (Å²) >= 11 is 0. The van der Waals surface area contributed by atoms with Gasteiger partial charge in [-0.3, -0.25) is 9.69 Å². The molecule has 1 unspecified atom stereocenters. The lowest BCUT2D eigenvalue weighted by atomic mass is 10.1. The van der Waals surface area contributed by atoms with Crippen molar-refractivity contribution in [1.29, 1.82) is 0 Å². The second-order valence-corrected chi connectivity index (χ2v) is 3.41. The fourth-order valence-electron chi connectivity index (χ4n) is 1.67. The van der Waals surface area contributed by atoms with E-state index in [-0.39, 0.29) is 0 Å². The molecule has 5 heteroatoms. The second-order valence-electron chi connectivity index (χ2n) is 3.41. The zero-order valence-corrected chi connectivity index (χ0v) is 9.28. The topological polar surface area (TPSA) is 62.1 Å². The molecule has 0 spiro atoms. The number of aliphatic hydroxyl groups is 1. The summed E-state index contributed by atoms with van der Waals surface area (Å²) in [6, 6.07) is 5.10. The van der Waals surface area contributed by atoms with Crippen LogP contribution in [0.15, 0.2) is 35.5 Å². The first kappa shape index (κ1) is 11.3. The van der Waals surface area contributed by atoms with Gasteiger partial charge in [0.2, 0.25) is 6.35 Å². The minimum Gasteiger partial charge on any atom is -0.495 e. The highest BCUT2D eigenvalue weighted by Crippen LogP contribution is 2.33. The number of allylic oxidation sites excluding steroid dienone is 1. The van der Waals surface area contributed by atoms with E-state index >= 15 is 0 Å². The number of carbonyl (C=O) groups excluding carboxylic acids is 1. The van der Waals surface area contributed by atoms with Crippen LogP contribution in [0.4, 0.5) is 5.69 Å².